The number of hydrogen-bond acceptors (Lipinski definition) is 4. The van der Waals surface area contributed by atoms with Gasteiger partial charge in [0.25, 0.3) is 0 Å². The Balaban J connectivity index is 1.00. The van der Waals surface area contributed by atoms with Gasteiger partial charge >= 0.3 is 0 Å². The monoisotopic (exact) mass is 626 g/mol. The number of aliphatic imine (C=N–C) groups is 1. The van der Waals surface area contributed by atoms with Crippen molar-refractivity contribution in [2.24, 2.45) is 4.99 Å². The minimum absolute atomic E-state index is 0.0264. The number of aryl methyl sites for hydroxylation is 2. The average Bonchev–Trinajstić information content (AvgIpc) is 3.54. The number of rotatable bonds is 7. The summed E-state index contributed by atoms with van der Waals surface area (Å²) in [5.74, 6) is 0. The zero-order valence-electron chi connectivity index (χ0n) is 27.9. The van der Waals surface area contributed by atoms with Gasteiger partial charge in [-0.2, -0.15) is 0 Å². The Morgan fingerprint density at radius 3 is 1.73 bits per heavy atom. The summed E-state index contributed by atoms with van der Waals surface area (Å²) in [7, 11) is 0. The van der Waals surface area contributed by atoms with Crippen LogP contribution in [0.3, 0.4) is 0 Å². The first-order valence-corrected chi connectivity index (χ1v) is 17.3. The van der Waals surface area contributed by atoms with E-state index in [4.69, 9.17) is 4.99 Å². The average molecular weight is 627 g/mol. The molecule has 0 fully saturated rings. The maximum absolute atomic E-state index is 5.09. The molecule has 238 valence electrons. The number of nitrogens with zero attached hydrogens (tertiary/aromatic N) is 3. The lowest BCUT2D eigenvalue weighted by Gasteiger charge is -2.31. The first-order valence-electron chi connectivity index (χ1n) is 17.3. The van der Waals surface area contributed by atoms with Crippen LogP contribution in [-0.4, -0.2) is 11.9 Å². The highest BCUT2D eigenvalue weighted by Gasteiger charge is 2.34. The van der Waals surface area contributed by atoms with Gasteiger partial charge in [-0.25, -0.2) is 0 Å². The maximum Gasteiger partial charge on any atom is 0.143 e. The van der Waals surface area contributed by atoms with Gasteiger partial charge in [-0.05, 0) is 129 Å². The van der Waals surface area contributed by atoms with Crippen molar-refractivity contribution in [3.63, 3.8) is 0 Å². The number of fused-ring (bicyclic) bond motifs is 1. The molecule has 2 heterocycles. The Kier molecular flexibility index (Phi) is 8.15. The molecule has 0 aromatic heterocycles. The molecular formula is C44H42N4. The van der Waals surface area contributed by atoms with E-state index in [1.807, 2.05) is 0 Å². The minimum atomic E-state index is 0.0264. The molecule has 1 unspecified atom stereocenters. The molecule has 0 amide bonds. The molecule has 0 saturated heterocycles. The quantitative estimate of drug-likeness (QED) is 0.221. The largest absolute Gasteiger partial charge is 0.358 e. The molecule has 0 saturated carbocycles. The summed E-state index contributed by atoms with van der Waals surface area (Å²) in [6, 6.07) is 37.0. The van der Waals surface area contributed by atoms with E-state index in [0.717, 1.165) is 44.2 Å². The van der Waals surface area contributed by atoms with Gasteiger partial charge in [0.05, 0.1) is 17.1 Å². The Morgan fingerprint density at radius 2 is 1.15 bits per heavy atom. The van der Waals surface area contributed by atoms with Crippen molar-refractivity contribution in [2.75, 3.05) is 15.1 Å². The van der Waals surface area contributed by atoms with Gasteiger partial charge in [0.2, 0.25) is 0 Å². The smallest absolute Gasteiger partial charge is 0.143 e. The van der Waals surface area contributed by atoms with Crippen LogP contribution in [-0.2, 0) is 0 Å². The van der Waals surface area contributed by atoms with Gasteiger partial charge in [-0.1, -0.05) is 84.0 Å². The van der Waals surface area contributed by atoms with E-state index >= 15 is 0 Å². The van der Waals surface area contributed by atoms with Crippen LogP contribution in [0.1, 0.15) is 49.7 Å². The molecule has 0 spiro atoms. The van der Waals surface area contributed by atoms with Crippen molar-refractivity contribution in [2.45, 2.75) is 58.5 Å². The van der Waals surface area contributed by atoms with Crippen LogP contribution in [0.4, 0.5) is 28.4 Å². The van der Waals surface area contributed by atoms with Crippen molar-refractivity contribution in [1.82, 2.24) is 0 Å². The molecule has 8 rings (SSSR count). The molecule has 48 heavy (non-hydrogen) atoms. The molecule has 1 N–H and O–H groups in total. The Bertz CT molecular complexity index is 1960. The van der Waals surface area contributed by atoms with Crippen LogP contribution in [0.2, 0.25) is 0 Å². The molecule has 4 nitrogen and oxygen atoms in total. The fraction of sp³-hybridized carbons (Fsp3) is 0.205. The van der Waals surface area contributed by atoms with Crippen LogP contribution in [0.25, 0.3) is 0 Å². The molecule has 4 aromatic carbocycles. The summed E-state index contributed by atoms with van der Waals surface area (Å²) < 4.78 is 0. The van der Waals surface area contributed by atoms with Crippen LogP contribution < -0.4 is 15.1 Å². The minimum Gasteiger partial charge on any atom is -0.358 e. The lowest BCUT2D eigenvalue weighted by molar-refractivity contribution is 0.824. The number of para-hydroxylation sites is 3. The number of allylic oxidation sites excluding steroid dienone is 9. The lowest BCUT2D eigenvalue weighted by atomic mass is 9.85. The van der Waals surface area contributed by atoms with E-state index < -0.39 is 0 Å². The van der Waals surface area contributed by atoms with E-state index in [9.17, 15) is 0 Å². The lowest BCUT2D eigenvalue weighted by Crippen LogP contribution is -2.40. The summed E-state index contributed by atoms with van der Waals surface area (Å²) in [5, 5.41) is 3.75. The second kappa shape index (κ2) is 13.0. The Hall–Kier alpha value is -5.35. The van der Waals surface area contributed by atoms with Crippen molar-refractivity contribution in [3.8, 4) is 0 Å². The van der Waals surface area contributed by atoms with Gasteiger partial charge in [0, 0.05) is 29.0 Å². The fourth-order valence-corrected chi connectivity index (χ4v) is 7.39. The van der Waals surface area contributed by atoms with Gasteiger partial charge < -0.3 is 15.1 Å². The molecule has 4 heteroatoms. The third-order valence-electron chi connectivity index (χ3n) is 10.1. The second-order valence-electron chi connectivity index (χ2n) is 13.3. The number of nitrogens with one attached hydrogen (secondary N) is 1. The molecule has 0 bridgehead atoms. The highest BCUT2D eigenvalue weighted by atomic mass is 15.3. The predicted molar refractivity (Wildman–Crippen MR) is 202 cm³/mol. The van der Waals surface area contributed by atoms with Crippen LogP contribution in [0.5, 0.6) is 0 Å². The molecule has 2 aliphatic carbocycles. The number of benzene rings is 4. The van der Waals surface area contributed by atoms with Gasteiger partial charge in [-0.3, -0.25) is 4.99 Å². The summed E-state index contributed by atoms with van der Waals surface area (Å²) in [6.07, 6.45) is 17.8. The molecule has 4 aliphatic rings. The fourth-order valence-electron chi connectivity index (χ4n) is 7.39. The first-order chi connectivity index (χ1) is 23.6. The van der Waals surface area contributed by atoms with Crippen molar-refractivity contribution in [3.05, 3.63) is 173 Å². The number of hydrogen-bond donors (Lipinski definition) is 1. The highest BCUT2D eigenvalue weighted by Crippen LogP contribution is 2.42. The Labute approximate surface area is 284 Å². The van der Waals surface area contributed by atoms with Crippen molar-refractivity contribution < 1.29 is 0 Å². The molecule has 4 aromatic rings. The topological polar surface area (TPSA) is 30.9 Å². The standard InChI is InChI=1S/C44H42N4/c1-31-12-23-38(24-13-31)47(39-25-14-32(2)15-26-39)40-27-20-34(21-28-40)33-16-18-35(19-17-33)36-22-29-42(45-30-36)44-46-41-10-6-7-11-43(41)48(44)37-8-4-3-5-9-37/h3-16,18,20,23-27,30,44,46H,17,19,21-22,28-29H2,1-2H3. The van der Waals surface area contributed by atoms with E-state index in [2.05, 4.69) is 163 Å². The molecule has 1 atom stereocenters. The first kappa shape index (κ1) is 30.0. The van der Waals surface area contributed by atoms with Gasteiger partial charge in [-0.15, -0.1) is 0 Å². The third-order valence-corrected chi connectivity index (χ3v) is 10.1. The predicted octanol–water partition coefficient (Wildman–Crippen LogP) is 11.4. The summed E-state index contributed by atoms with van der Waals surface area (Å²) >= 11 is 0. The summed E-state index contributed by atoms with van der Waals surface area (Å²) in [5.41, 5.74) is 16.8. The zero-order valence-corrected chi connectivity index (χ0v) is 27.9. The van der Waals surface area contributed by atoms with Crippen LogP contribution in [0.15, 0.2) is 167 Å². The second-order valence-corrected chi connectivity index (χ2v) is 13.3. The van der Waals surface area contributed by atoms with Crippen molar-refractivity contribution >= 4 is 34.1 Å². The highest BCUT2D eigenvalue weighted by molar-refractivity contribution is 6.02. The molecule has 0 radical (unpaired) electrons. The van der Waals surface area contributed by atoms with Crippen LogP contribution >= 0.6 is 0 Å². The maximum atomic E-state index is 5.09. The number of anilines is 5. The SMILES string of the molecule is Cc1ccc(N(C2=CC=C(C3=CC=C(C4=CN=C(C5Nc6ccccc6N5c5ccccc5)CC4)CC3)CC2)c2ccc(C)cc2)cc1. The van der Waals surface area contributed by atoms with E-state index in [0.29, 0.717) is 0 Å². The Morgan fingerprint density at radius 1 is 0.583 bits per heavy atom. The zero-order chi connectivity index (χ0) is 32.5. The van der Waals surface area contributed by atoms with E-state index in [-0.39, 0.29) is 6.17 Å². The molecular weight excluding hydrogens is 585 g/mol. The van der Waals surface area contributed by atoms with E-state index in [1.165, 1.54) is 67.6 Å². The summed E-state index contributed by atoms with van der Waals surface area (Å²) in [4.78, 5) is 9.89. The van der Waals surface area contributed by atoms with Crippen molar-refractivity contribution in [1.29, 1.82) is 0 Å². The van der Waals surface area contributed by atoms with E-state index in [1.54, 1.807) is 0 Å². The van der Waals surface area contributed by atoms with Gasteiger partial charge in [0.1, 0.15) is 6.17 Å². The normalized spacial score (nSPS) is 18.8. The van der Waals surface area contributed by atoms with Gasteiger partial charge in [0.15, 0.2) is 0 Å². The third kappa shape index (κ3) is 5.95. The summed E-state index contributed by atoms with van der Waals surface area (Å²) in [6.45, 7) is 4.29. The van der Waals surface area contributed by atoms with Crippen LogP contribution in [0, 0.1) is 13.8 Å². The molecule has 2 aliphatic heterocycles.